The average molecular weight is 323 g/mol. The number of imidazole rings is 1. The number of benzene rings is 1. The summed E-state index contributed by atoms with van der Waals surface area (Å²) >= 11 is 0. The first-order valence-corrected chi connectivity index (χ1v) is 9.12. The summed E-state index contributed by atoms with van der Waals surface area (Å²) in [6, 6.07) is 8.35. The van der Waals surface area contributed by atoms with Gasteiger partial charge in [-0.15, -0.1) is 0 Å². The fourth-order valence-electron chi connectivity index (χ4n) is 4.18. The topological polar surface area (TPSA) is 38.1 Å². The highest BCUT2D eigenvalue weighted by atomic mass is 16.2. The summed E-state index contributed by atoms with van der Waals surface area (Å²) < 4.78 is 2.17. The minimum absolute atomic E-state index is 0.120. The van der Waals surface area contributed by atoms with E-state index in [4.69, 9.17) is 4.98 Å². The van der Waals surface area contributed by atoms with Crippen LogP contribution in [0.15, 0.2) is 36.4 Å². The number of nitrogens with zero attached hydrogens (tertiary/aromatic N) is 3. The maximum Gasteiger partial charge on any atom is 0.226 e. The van der Waals surface area contributed by atoms with E-state index in [1.807, 2.05) is 12.1 Å². The van der Waals surface area contributed by atoms with Gasteiger partial charge in [0.1, 0.15) is 5.82 Å². The lowest BCUT2D eigenvalue weighted by Gasteiger charge is -2.37. The Labute approximate surface area is 143 Å². The van der Waals surface area contributed by atoms with Crippen LogP contribution in [0.5, 0.6) is 0 Å². The number of aryl methyl sites for hydroxylation is 1. The average Bonchev–Trinajstić information content (AvgIpc) is 2.99. The number of allylic oxidation sites excluding steroid dienone is 2. The molecule has 1 fully saturated rings. The number of carbonyl (C=O) groups excluding carboxylic acids is 1. The number of fused-ring (bicyclic) bond motifs is 1. The molecule has 0 spiro atoms. The lowest BCUT2D eigenvalue weighted by Crippen LogP contribution is -2.43. The van der Waals surface area contributed by atoms with Gasteiger partial charge in [-0.1, -0.05) is 24.3 Å². The van der Waals surface area contributed by atoms with Crippen molar-refractivity contribution in [3.05, 3.63) is 42.2 Å². The Hall–Kier alpha value is -2.10. The predicted octanol–water partition coefficient (Wildman–Crippen LogP) is 3.98. The lowest BCUT2D eigenvalue weighted by molar-refractivity contribution is -0.140. The molecule has 2 aliphatic rings. The van der Waals surface area contributed by atoms with E-state index in [1.165, 1.54) is 6.42 Å². The largest absolute Gasteiger partial charge is 0.332 e. The molecule has 4 heteroatoms. The molecule has 4 rings (SSSR count). The van der Waals surface area contributed by atoms with Gasteiger partial charge in [0.2, 0.25) is 5.91 Å². The number of rotatable bonds is 2. The fourth-order valence-corrected chi connectivity index (χ4v) is 4.18. The Morgan fingerprint density at radius 3 is 2.83 bits per heavy atom. The van der Waals surface area contributed by atoms with Gasteiger partial charge in [-0.05, 0) is 50.7 Å². The SMILES string of the molecule is Cn1c([C@@H]2CCCCN2C(=O)[C@H]2CC=CCC2)nc2ccccc21. The van der Waals surface area contributed by atoms with Crippen LogP contribution in [0.1, 0.15) is 50.4 Å². The lowest BCUT2D eigenvalue weighted by atomic mass is 9.91. The van der Waals surface area contributed by atoms with Gasteiger partial charge in [0.15, 0.2) is 0 Å². The summed E-state index contributed by atoms with van der Waals surface area (Å²) in [7, 11) is 2.07. The number of para-hydroxylation sites is 2. The molecule has 0 bridgehead atoms. The molecule has 0 unspecified atom stereocenters. The van der Waals surface area contributed by atoms with Crippen LogP contribution in [0.3, 0.4) is 0 Å². The second-order valence-electron chi connectivity index (χ2n) is 7.04. The highest BCUT2D eigenvalue weighted by Gasteiger charge is 2.34. The highest BCUT2D eigenvalue weighted by Crippen LogP contribution is 2.34. The van der Waals surface area contributed by atoms with Gasteiger partial charge in [0.25, 0.3) is 0 Å². The number of hydrogen-bond donors (Lipinski definition) is 0. The monoisotopic (exact) mass is 323 g/mol. The van der Waals surface area contributed by atoms with Crippen molar-refractivity contribution < 1.29 is 4.79 Å². The number of hydrogen-bond acceptors (Lipinski definition) is 2. The maximum absolute atomic E-state index is 13.1. The van der Waals surface area contributed by atoms with Crippen molar-refractivity contribution in [1.29, 1.82) is 0 Å². The van der Waals surface area contributed by atoms with Gasteiger partial charge in [0.05, 0.1) is 17.1 Å². The number of aromatic nitrogens is 2. The maximum atomic E-state index is 13.1. The Morgan fingerprint density at radius 1 is 1.17 bits per heavy atom. The summed E-state index contributed by atoms with van der Waals surface area (Å²) in [5.74, 6) is 1.52. The number of amides is 1. The van der Waals surface area contributed by atoms with Crippen LogP contribution in [0.25, 0.3) is 11.0 Å². The molecule has 1 aromatic heterocycles. The van der Waals surface area contributed by atoms with Crippen molar-refractivity contribution in [2.24, 2.45) is 13.0 Å². The molecule has 2 heterocycles. The van der Waals surface area contributed by atoms with Crippen LogP contribution in [0.4, 0.5) is 0 Å². The quantitative estimate of drug-likeness (QED) is 0.784. The van der Waals surface area contributed by atoms with Crippen LogP contribution in [-0.4, -0.2) is 26.9 Å². The molecule has 4 nitrogen and oxygen atoms in total. The molecule has 1 amide bonds. The molecule has 2 aromatic rings. The summed E-state index contributed by atoms with van der Waals surface area (Å²) in [5.41, 5.74) is 2.17. The van der Waals surface area contributed by atoms with Gasteiger partial charge in [-0.2, -0.15) is 0 Å². The Balaban J connectivity index is 1.67. The molecule has 0 saturated carbocycles. The normalized spacial score (nSPS) is 24.5. The zero-order valence-corrected chi connectivity index (χ0v) is 14.3. The van der Waals surface area contributed by atoms with E-state index in [0.29, 0.717) is 5.91 Å². The number of piperidine rings is 1. The summed E-state index contributed by atoms with van der Waals surface area (Å²) in [6.07, 6.45) is 10.6. The van der Waals surface area contributed by atoms with Crippen molar-refractivity contribution in [1.82, 2.24) is 14.5 Å². The second kappa shape index (κ2) is 6.42. The number of carbonyl (C=O) groups is 1. The van der Waals surface area contributed by atoms with Gasteiger partial charge in [-0.3, -0.25) is 4.79 Å². The third kappa shape index (κ3) is 2.64. The smallest absolute Gasteiger partial charge is 0.226 e. The Kier molecular flexibility index (Phi) is 4.13. The van der Waals surface area contributed by atoms with Crippen LogP contribution < -0.4 is 0 Å². The summed E-state index contributed by atoms with van der Waals surface area (Å²) in [6.45, 7) is 0.868. The zero-order chi connectivity index (χ0) is 16.5. The van der Waals surface area contributed by atoms with E-state index in [1.54, 1.807) is 0 Å². The fraction of sp³-hybridized carbons (Fsp3) is 0.500. The third-order valence-electron chi connectivity index (χ3n) is 5.52. The van der Waals surface area contributed by atoms with E-state index < -0.39 is 0 Å². The van der Waals surface area contributed by atoms with Crippen molar-refractivity contribution in [3.8, 4) is 0 Å². The van der Waals surface area contributed by atoms with Gasteiger partial charge >= 0.3 is 0 Å². The molecule has 0 N–H and O–H groups in total. The van der Waals surface area contributed by atoms with Gasteiger partial charge in [-0.25, -0.2) is 4.98 Å². The third-order valence-corrected chi connectivity index (χ3v) is 5.52. The highest BCUT2D eigenvalue weighted by molar-refractivity contribution is 5.80. The summed E-state index contributed by atoms with van der Waals surface area (Å²) in [4.78, 5) is 20.1. The molecule has 1 aliphatic carbocycles. The minimum atomic E-state index is 0.120. The van der Waals surface area contributed by atoms with Gasteiger partial charge < -0.3 is 9.47 Å². The molecule has 24 heavy (non-hydrogen) atoms. The van der Waals surface area contributed by atoms with Crippen molar-refractivity contribution in [2.75, 3.05) is 6.54 Å². The predicted molar refractivity (Wildman–Crippen MR) is 95.5 cm³/mol. The molecule has 126 valence electrons. The molecule has 2 atom stereocenters. The first kappa shape index (κ1) is 15.4. The van der Waals surface area contributed by atoms with Crippen molar-refractivity contribution >= 4 is 16.9 Å². The van der Waals surface area contributed by atoms with Crippen LogP contribution in [-0.2, 0) is 11.8 Å². The van der Waals surface area contributed by atoms with E-state index in [0.717, 1.165) is 55.5 Å². The van der Waals surface area contributed by atoms with Crippen molar-refractivity contribution in [2.45, 2.75) is 44.6 Å². The second-order valence-corrected chi connectivity index (χ2v) is 7.04. The van der Waals surface area contributed by atoms with Crippen LogP contribution in [0, 0.1) is 5.92 Å². The molecule has 1 aromatic carbocycles. The standard InChI is InChI=1S/C20H25N3O/c1-22-17-12-6-5-11-16(17)21-19(22)18-13-7-8-14-23(18)20(24)15-9-3-2-4-10-15/h2-3,5-6,11-12,15,18H,4,7-10,13-14H2,1H3/t15-,18-/m0/s1. The Morgan fingerprint density at radius 2 is 2.04 bits per heavy atom. The van der Waals surface area contributed by atoms with Gasteiger partial charge in [0, 0.05) is 19.5 Å². The van der Waals surface area contributed by atoms with Crippen molar-refractivity contribution in [3.63, 3.8) is 0 Å². The van der Waals surface area contributed by atoms with Crippen LogP contribution >= 0.6 is 0 Å². The zero-order valence-electron chi connectivity index (χ0n) is 14.3. The first-order valence-electron chi connectivity index (χ1n) is 9.12. The Bertz CT molecular complexity index is 776. The van der Waals surface area contributed by atoms with E-state index in [9.17, 15) is 4.79 Å². The molecular weight excluding hydrogens is 298 g/mol. The minimum Gasteiger partial charge on any atom is -0.332 e. The van der Waals surface area contributed by atoms with E-state index >= 15 is 0 Å². The molecule has 1 aliphatic heterocycles. The molecular formula is C20H25N3O. The summed E-state index contributed by atoms with van der Waals surface area (Å²) in [5, 5.41) is 0. The first-order chi connectivity index (χ1) is 11.8. The van der Waals surface area contributed by atoms with Crippen LogP contribution in [0.2, 0.25) is 0 Å². The molecule has 1 saturated heterocycles. The van der Waals surface area contributed by atoms with E-state index in [2.05, 4.69) is 40.8 Å². The van der Waals surface area contributed by atoms with E-state index in [-0.39, 0.29) is 12.0 Å². The number of likely N-dealkylation sites (tertiary alicyclic amines) is 1. The molecule has 0 radical (unpaired) electrons.